The Morgan fingerprint density at radius 2 is 2.05 bits per heavy atom. The smallest absolute Gasteiger partial charge is 0.329 e. The number of carboxylic acids is 1. The monoisotopic (exact) mass is 291 g/mol. The highest BCUT2D eigenvalue weighted by molar-refractivity contribution is 5.88. The predicted molar refractivity (Wildman–Crippen MR) is 78.4 cm³/mol. The molecule has 21 heavy (non-hydrogen) atoms. The Morgan fingerprint density at radius 1 is 1.33 bits per heavy atom. The zero-order valence-corrected chi connectivity index (χ0v) is 12.7. The van der Waals surface area contributed by atoms with E-state index >= 15 is 0 Å². The SMILES string of the molecule is Cc1ccc(OCC(=O)N2CCCC2(C)C(=O)O)cc1C. The number of amides is 1. The number of hydrogen-bond acceptors (Lipinski definition) is 3. The summed E-state index contributed by atoms with van der Waals surface area (Å²) in [7, 11) is 0. The van der Waals surface area contributed by atoms with Gasteiger partial charge in [-0.1, -0.05) is 6.07 Å². The van der Waals surface area contributed by atoms with Gasteiger partial charge in [-0.2, -0.15) is 0 Å². The van der Waals surface area contributed by atoms with Crippen LogP contribution in [0.5, 0.6) is 5.75 Å². The van der Waals surface area contributed by atoms with Gasteiger partial charge in [0.05, 0.1) is 0 Å². The molecule has 0 saturated carbocycles. The van der Waals surface area contributed by atoms with E-state index in [2.05, 4.69) is 0 Å². The van der Waals surface area contributed by atoms with E-state index in [1.54, 1.807) is 6.92 Å². The first kappa shape index (κ1) is 15.4. The van der Waals surface area contributed by atoms with E-state index in [0.717, 1.165) is 11.1 Å². The second-order valence-electron chi connectivity index (χ2n) is 5.76. The number of carbonyl (C=O) groups is 2. The second-order valence-corrected chi connectivity index (χ2v) is 5.76. The van der Waals surface area contributed by atoms with Crippen molar-refractivity contribution in [3.63, 3.8) is 0 Å². The highest BCUT2D eigenvalue weighted by atomic mass is 16.5. The molecule has 1 amide bonds. The average molecular weight is 291 g/mol. The molecule has 0 aromatic heterocycles. The van der Waals surface area contributed by atoms with Gasteiger partial charge in [0.2, 0.25) is 0 Å². The van der Waals surface area contributed by atoms with Crippen molar-refractivity contribution in [1.29, 1.82) is 0 Å². The zero-order chi connectivity index (χ0) is 15.6. The Bertz CT molecular complexity index is 569. The molecule has 114 valence electrons. The van der Waals surface area contributed by atoms with Gasteiger partial charge < -0.3 is 14.7 Å². The third-order valence-electron chi connectivity index (χ3n) is 4.24. The first-order valence-electron chi connectivity index (χ1n) is 7.08. The zero-order valence-electron chi connectivity index (χ0n) is 12.7. The van der Waals surface area contributed by atoms with Crippen molar-refractivity contribution in [2.45, 2.75) is 39.2 Å². The summed E-state index contributed by atoms with van der Waals surface area (Å²) in [5.41, 5.74) is 1.15. The fourth-order valence-electron chi connectivity index (χ4n) is 2.61. The van der Waals surface area contributed by atoms with Crippen LogP contribution in [0.1, 0.15) is 30.9 Å². The van der Waals surface area contributed by atoms with Crippen LogP contribution in [-0.4, -0.2) is 40.6 Å². The fourth-order valence-corrected chi connectivity index (χ4v) is 2.61. The first-order valence-corrected chi connectivity index (χ1v) is 7.08. The topological polar surface area (TPSA) is 66.8 Å². The van der Waals surface area contributed by atoms with Crippen LogP contribution in [0.25, 0.3) is 0 Å². The largest absolute Gasteiger partial charge is 0.484 e. The standard InChI is InChI=1S/C16H21NO4/c1-11-5-6-13(9-12(11)2)21-10-14(18)17-8-4-7-16(17,3)15(19)20/h5-6,9H,4,7-8,10H2,1-3H3,(H,19,20). The van der Waals surface area contributed by atoms with Crippen molar-refractivity contribution in [3.8, 4) is 5.75 Å². The maximum atomic E-state index is 12.2. The molecule has 1 atom stereocenters. The van der Waals surface area contributed by atoms with Crippen LogP contribution in [0.2, 0.25) is 0 Å². The van der Waals surface area contributed by atoms with Gasteiger partial charge in [0, 0.05) is 6.54 Å². The number of hydrogen-bond donors (Lipinski definition) is 1. The van der Waals surface area contributed by atoms with E-state index in [1.807, 2.05) is 32.0 Å². The number of carbonyl (C=O) groups excluding carboxylic acids is 1. The van der Waals surface area contributed by atoms with E-state index in [1.165, 1.54) is 4.90 Å². The van der Waals surface area contributed by atoms with Crippen molar-refractivity contribution in [2.24, 2.45) is 0 Å². The van der Waals surface area contributed by atoms with Gasteiger partial charge in [0.25, 0.3) is 5.91 Å². The normalized spacial score (nSPS) is 21.4. The van der Waals surface area contributed by atoms with Gasteiger partial charge in [-0.05, 0) is 56.9 Å². The third-order valence-corrected chi connectivity index (χ3v) is 4.24. The Morgan fingerprint density at radius 3 is 2.67 bits per heavy atom. The van der Waals surface area contributed by atoms with Crippen molar-refractivity contribution in [3.05, 3.63) is 29.3 Å². The molecule has 1 aliphatic heterocycles. The molecule has 1 aliphatic rings. The second kappa shape index (κ2) is 5.76. The molecule has 2 rings (SSSR count). The van der Waals surface area contributed by atoms with Crippen LogP contribution in [0.15, 0.2) is 18.2 Å². The van der Waals surface area contributed by atoms with E-state index in [4.69, 9.17) is 4.74 Å². The summed E-state index contributed by atoms with van der Waals surface area (Å²) < 4.78 is 5.50. The number of likely N-dealkylation sites (tertiary alicyclic amines) is 1. The fraction of sp³-hybridized carbons (Fsp3) is 0.500. The highest BCUT2D eigenvalue weighted by Crippen LogP contribution is 2.29. The van der Waals surface area contributed by atoms with E-state index in [9.17, 15) is 14.7 Å². The van der Waals surface area contributed by atoms with Crippen LogP contribution in [-0.2, 0) is 9.59 Å². The molecule has 0 radical (unpaired) electrons. The lowest BCUT2D eigenvalue weighted by atomic mass is 9.99. The Labute approximate surface area is 124 Å². The number of ether oxygens (including phenoxy) is 1. The van der Waals surface area contributed by atoms with E-state index in [-0.39, 0.29) is 12.5 Å². The minimum absolute atomic E-state index is 0.134. The summed E-state index contributed by atoms with van der Waals surface area (Å²) in [5.74, 6) is -0.613. The molecule has 1 fully saturated rings. The number of carboxylic acid groups (broad SMARTS) is 1. The van der Waals surface area contributed by atoms with Gasteiger partial charge in [-0.25, -0.2) is 4.79 Å². The van der Waals surface area contributed by atoms with Crippen LogP contribution in [0, 0.1) is 13.8 Å². The summed E-state index contributed by atoms with van der Waals surface area (Å²) in [6, 6.07) is 5.63. The molecule has 1 heterocycles. The minimum Gasteiger partial charge on any atom is -0.484 e. The lowest BCUT2D eigenvalue weighted by molar-refractivity contribution is -0.156. The Hall–Kier alpha value is -2.04. The molecule has 0 bridgehead atoms. The molecule has 1 saturated heterocycles. The van der Waals surface area contributed by atoms with Crippen LogP contribution in [0.4, 0.5) is 0 Å². The van der Waals surface area contributed by atoms with Crippen molar-refractivity contribution < 1.29 is 19.4 Å². The van der Waals surface area contributed by atoms with Crippen molar-refractivity contribution >= 4 is 11.9 Å². The van der Waals surface area contributed by atoms with Crippen molar-refractivity contribution in [2.75, 3.05) is 13.2 Å². The minimum atomic E-state index is -1.11. The lowest BCUT2D eigenvalue weighted by Gasteiger charge is -2.31. The summed E-state index contributed by atoms with van der Waals surface area (Å²) in [4.78, 5) is 25.0. The molecule has 1 aromatic rings. The van der Waals surface area contributed by atoms with Gasteiger partial charge in [-0.15, -0.1) is 0 Å². The maximum absolute atomic E-state index is 12.2. The molecule has 1 unspecified atom stereocenters. The lowest BCUT2D eigenvalue weighted by Crippen LogP contribution is -2.52. The van der Waals surface area contributed by atoms with Gasteiger partial charge >= 0.3 is 5.97 Å². The number of aliphatic carboxylic acids is 1. The quantitative estimate of drug-likeness (QED) is 0.923. The molecule has 5 nitrogen and oxygen atoms in total. The first-order chi connectivity index (χ1) is 9.84. The molecule has 1 aromatic carbocycles. The summed E-state index contributed by atoms with van der Waals surface area (Å²) in [5, 5.41) is 9.31. The van der Waals surface area contributed by atoms with E-state index in [0.29, 0.717) is 25.1 Å². The van der Waals surface area contributed by atoms with Crippen LogP contribution in [0.3, 0.4) is 0 Å². The summed E-state index contributed by atoms with van der Waals surface area (Å²) in [6.45, 7) is 5.92. The summed E-state index contributed by atoms with van der Waals surface area (Å²) >= 11 is 0. The van der Waals surface area contributed by atoms with Crippen LogP contribution >= 0.6 is 0 Å². The molecular weight excluding hydrogens is 270 g/mol. The molecule has 0 aliphatic carbocycles. The number of aryl methyl sites for hydroxylation is 2. The predicted octanol–water partition coefficient (Wildman–Crippen LogP) is 2.15. The Balaban J connectivity index is 2.01. The molecular formula is C16H21NO4. The Kier molecular flexibility index (Phi) is 4.21. The van der Waals surface area contributed by atoms with Crippen molar-refractivity contribution in [1.82, 2.24) is 4.90 Å². The molecule has 1 N–H and O–H groups in total. The number of rotatable bonds is 4. The average Bonchev–Trinajstić information content (AvgIpc) is 2.83. The molecule has 5 heteroatoms. The van der Waals surface area contributed by atoms with Crippen LogP contribution < -0.4 is 4.74 Å². The molecule has 0 spiro atoms. The third kappa shape index (κ3) is 3.01. The summed E-state index contributed by atoms with van der Waals surface area (Å²) in [6.07, 6.45) is 1.19. The number of nitrogens with zero attached hydrogens (tertiary/aromatic N) is 1. The highest BCUT2D eigenvalue weighted by Gasteiger charge is 2.45. The van der Waals surface area contributed by atoms with Gasteiger partial charge in [0.1, 0.15) is 11.3 Å². The van der Waals surface area contributed by atoms with Gasteiger partial charge in [0.15, 0.2) is 6.61 Å². The number of benzene rings is 1. The maximum Gasteiger partial charge on any atom is 0.329 e. The van der Waals surface area contributed by atoms with Gasteiger partial charge in [-0.3, -0.25) is 4.79 Å². The van der Waals surface area contributed by atoms with E-state index < -0.39 is 11.5 Å².